The van der Waals surface area contributed by atoms with E-state index in [9.17, 15) is 4.79 Å². The van der Waals surface area contributed by atoms with E-state index in [1.54, 1.807) is 0 Å². The molecule has 2 aliphatic heterocycles. The number of likely N-dealkylation sites (tertiary alicyclic amines) is 1. The fourth-order valence-electron chi connectivity index (χ4n) is 3.47. The first-order valence-corrected chi connectivity index (χ1v) is 7.81. The summed E-state index contributed by atoms with van der Waals surface area (Å²) in [7, 11) is 0. The molecule has 0 spiro atoms. The average molecular weight is 268 g/mol. The number of carbonyl (C=O) groups excluding carboxylic acids is 1. The molecular weight excluding hydrogens is 240 g/mol. The highest BCUT2D eigenvalue weighted by atomic mass is 16.5. The molecule has 2 heterocycles. The topological polar surface area (TPSA) is 41.6 Å². The summed E-state index contributed by atoms with van der Waals surface area (Å²) in [6.45, 7) is 9.97. The number of amides is 1. The van der Waals surface area contributed by atoms with Crippen LogP contribution in [-0.2, 0) is 9.53 Å². The van der Waals surface area contributed by atoms with Crippen LogP contribution >= 0.6 is 0 Å². The maximum Gasteiger partial charge on any atom is 0.228 e. The van der Waals surface area contributed by atoms with Crippen molar-refractivity contribution in [3.8, 4) is 0 Å². The Bertz CT molecular complexity index is 309. The van der Waals surface area contributed by atoms with Crippen molar-refractivity contribution in [2.45, 2.75) is 52.2 Å². The molecule has 2 rings (SSSR count). The molecule has 4 heteroatoms. The van der Waals surface area contributed by atoms with Crippen LogP contribution in [-0.4, -0.2) is 49.2 Å². The van der Waals surface area contributed by atoms with Crippen LogP contribution in [0.4, 0.5) is 0 Å². The van der Waals surface area contributed by atoms with Gasteiger partial charge >= 0.3 is 0 Å². The van der Waals surface area contributed by atoms with Crippen molar-refractivity contribution < 1.29 is 9.53 Å². The summed E-state index contributed by atoms with van der Waals surface area (Å²) in [6, 6.07) is 0.580. The lowest BCUT2D eigenvalue weighted by atomic mass is 9.88. The summed E-state index contributed by atoms with van der Waals surface area (Å²) in [5.74, 6) is 1.00. The Kier molecular flexibility index (Phi) is 5.22. The molecule has 1 N–H and O–H groups in total. The fourth-order valence-corrected chi connectivity index (χ4v) is 3.47. The van der Waals surface area contributed by atoms with Crippen molar-refractivity contribution in [1.29, 1.82) is 0 Å². The van der Waals surface area contributed by atoms with E-state index in [1.807, 2.05) is 6.92 Å². The smallest absolute Gasteiger partial charge is 0.228 e. The van der Waals surface area contributed by atoms with Crippen molar-refractivity contribution in [2.24, 2.45) is 11.8 Å². The summed E-state index contributed by atoms with van der Waals surface area (Å²) < 4.78 is 5.53. The molecule has 0 aromatic carbocycles. The van der Waals surface area contributed by atoms with Gasteiger partial charge in [0.25, 0.3) is 0 Å². The molecule has 0 aromatic heterocycles. The predicted molar refractivity (Wildman–Crippen MR) is 76.0 cm³/mol. The summed E-state index contributed by atoms with van der Waals surface area (Å²) in [6.07, 6.45) is 3.21. The number of ether oxygens (including phenoxy) is 1. The fraction of sp³-hybridized carbons (Fsp3) is 0.933. The maximum absolute atomic E-state index is 12.6. The van der Waals surface area contributed by atoms with Gasteiger partial charge in [-0.15, -0.1) is 0 Å². The molecule has 0 saturated carbocycles. The maximum atomic E-state index is 12.6. The Hall–Kier alpha value is -0.610. The Morgan fingerprint density at radius 2 is 2.16 bits per heavy atom. The Morgan fingerprint density at radius 1 is 1.37 bits per heavy atom. The lowest BCUT2D eigenvalue weighted by Crippen LogP contribution is -2.52. The van der Waals surface area contributed by atoms with Gasteiger partial charge in [-0.1, -0.05) is 20.3 Å². The van der Waals surface area contributed by atoms with Crippen molar-refractivity contribution >= 4 is 5.91 Å². The van der Waals surface area contributed by atoms with Gasteiger partial charge in [0, 0.05) is 25.7 Å². The number of hydrogen-bond donors (Lipinski definition) is 1. The Labute approximate surface area is 116 Å². The number of nitrogens with zero attached hydrogens (tertiary/aromatic N) is 1. The second-order valence-electron chi connectivity index (χ2n) is 5.88. The largest absolute Gasteiger partial charge is 0.378 e. The average Bonchev–Trinajstić information content (AvgIpc) is 2.85. The minimum Gasteiger partial charge on any atom is -0.378 e. The second-order valence-corrected chi connectivity index (χ2v) is 5.88. The van der Waals surface area contributed by atoms with E-state index in [4.69, 9.17) is 4.74 Å². The summed E-state index contributed by atoms with van der Waals surface area (Å²) in [4.78, 5) is 14.6. The number of carbonyl (C=O) groups is 1. The quantitative estimate of drug-likeness (QED) is 0.843. The zero-order valence-corrected chi connectivity index (χ0v) is 12.5. The zero-order chi connectivity index (χ0) is 13.8. The Morgan fingerprint density at radius 3 is 2.74 bits per heavy atom. The van der Waals surface area contributed by atoms with Gasteiger partial charge in [0.1, 0.15) is 0 Å². The van der Waals surface area contributed by atoms with E-state index in [0.29, 0.717) is 17.9 Å². The number of hydrogen-bond acceptors (Lipinski definition) is 3. The lowest BCUT2D eigenvalue weighted by Gasteiger charge is -2.40. The van der Waals surface area contributed by atoms with E-state index >= 15 is 0 Å². The van der Waals surface area contributed by atoms with Gasteiger partial charge in [-0.25, -0.2) is 0 Å². The SMILES string of the molecule is CCNC1CCN(C(=O)C2CCOC2C)CC1CC. The number of nitrogens with one attached hydrogen (secondary N) is 1. The van der Waals surface area contributed by atoms with Crippen LogP contribution in [0, 0.1) is 11.8 Å². The second kappa shape index (κ2) is 6.71. The molecule has 4 atom stereocenters. The molecular formula is C15H28N2O2. The first kappa shape index (κ1) is 14.8. The van der Waals surface area contributed by atoms with Crippen molar-refractivity contribution in [2.75, 3.05) is 26.2 Å². The minimum atomic E-state index is 0.0909. The molecule has 0 bridgehead atoms. The predicted octanol–water partition coefficient (Wildman–Crippen LogP) is 1.65. The van der Waals surface area contributed by atoms with Crippen molar-refractivity contribution in [3.05, 3.63) is 0 Å². The molecule has 4 unspecified atom stereocenters. The van der Waals surface area contributed by atoms with Gasteiger partial charge in [0.05, 0.1) is 12.0 Å². The van der Waals surface area contributed by atoms with Gasteiger partial charge in [-0.3, -0.25) is 4.79 Å². The molecule has 2 saturated heterocycles. The van der Waals surface area contributed by atoms with E-state index in [-0.39, 0.29) is 12.0 Å². The van der Waals surface area contributed by atoms with E-state index in [1.165, 1.54) is 0 Å². The third-order valence-corrected chi connectivity index (χ3v) is 4.73. The highest BCUT2D eigenvalue weighted by Crippen LogP contribution is 2.26. The molecule has 110 valence electrons. The van der Waals surface area contributed by atoms with Crippen LogP contribution < -0.4 is 5.32 Å². The third kappa shape index (κ3) is 3.29. The monoisotopic (exact) mass is 268 g/mol. The van der Waals surface area contributed by atoms with Crippen LogP contribution in [0.3, 0.4) is 0 Å². The van der Waals surface area contributed by atoms with Gasteiger partial charge in [-0.2, -0.15) is 0 Å². The van der Waals surface area contributed by atoms with Crippen molar-refractivity contribution in [1.82, 2.24) is 10.2 Å². The van der Waals surface area contributed by atoms with E-state index in [2.05, 4.69) is 24.1 Å². The van der Waals surface area contributed by atoms with Gasteiger partial charge < -0.3 is 15.0 Å². The highest BCUT2D eigenvalue weighted by molar-refractivity contribution is 5.79. The molecule has 2 fully saturated rings. The normalized spacial score (nSPS) is 35.6. The molecule has 4 nitrogen and oxygen atoms in total. The van der Waals surface area contributed by atoms with Crippen molar-refractivity contribution in [3.63, 3.8) is 0 Å². The first-order chi connectivity index (χ1) is 9.17. The standard InChI is InChI=1S/C15H28N2O2/c1-4-12-10-17(8-6-14(12)16-5-2)15(18)13-7-9-19-11(13)3/h11-14,16H,4-10H2,1-3H3. The first-order valence-electron chi connectivity index (χ1n) is 7.81. The van der Waals surface area contributed by atoms with Crippen LogP contribution in [0.5, 0.6) is 0 Å². The lowest BCUT2D eigenvalue weighted by molar-refractivity contribution is -0.139. The van der Waals surface area contributed by atoms with E-state index < -0.39 is 0 Å². The minimum absolute atomic E-state index is 0.0909. The van der Waals surface area contributed by atoms with Crippen LogP contribution in [0.2, 0.25) is 0 Å². The zero-order valence-electron chi connectivity index (χ0n) is 12.5. The third-order valence-electron chi connectivity index (χ3n) is 4.73. The summed E-state index contributed by atoms with van der Waals surface area (Å²) in [5.41, 5.74) is 0. The number of piperidine rings is 1. The van der Waals surface area contributed by atoms with E-state index in [0.717, 1.165) is 45.5 Å². The van der Waals surface area contributed by atoms with Gasteiger partial charge in [-0.05, 0) is 32.2 Å². The molecule has 0 aromatic rings. The molecule has 2 aliphatic rings. The summed E-state index contributed by atoms with van der Waals surface area (Å²) in [5, 5.41) is 3.56. The van der Waals surface area contributed by atoms with Crippen LogP contribution in [0.25, 0.3) is 0 Å². The highest BCUT2D eigenvalue weighted by Gasteiger charge is 2.37. The van der Waals surface area contributed by atoms with Crippen LogP contribution in [0.1, 0.15) is 40.0 Å². The molecule has 0 aliphatic carbocycles. The molecule has 19 heavy (non-hydrogen) atoms. The van der Waals surface area contributed by atoms with Gasteiger partial charge in [0.2, 0.25) is 5.91 Å². The Balaban J connectivity index is 1.93. The van der Waals surface area contributed by atoms with Gasteiger partial charge in [0.15, 0.2) is 0 Å². The van der Waals surface area contributed by atoms with Crippen LogP contribution in [0.15, 0.2) is 0 Å². The summed E-state index contributed by atoms with van der Waals surface area (Å²) >= 11 is 0. The number of rotatable bonds is 4. The molecule has 0 radical (unpaired) electrons. The molecule has 1 amide bonds.